The van der Waals surface area contributed by atoms with Crippen LogP contribution in [0.4, 0.5) is 16.2 Å². The summed E-state index contributed by atoms with van der Waals surface area (Å²) in [7, 11) is 1.98. The van der Waals surface area contributed by atoms with E-state index in [0.717, 1.165) is 56.4 Å². The van der Waals surface area contributed by atoms with Crippen LogP contribution in [-0.4, -0.2) is 47.3 Å². The molecule has 8 heteroatoms. The molecule has 0 aliphatic carbocycles. The van der Waals surface area contributed by atoms with Crippen LogP contribution in [0.5, 0.6) is 0 Å². The zero-order chi connectivity index (χ0) is 22.6. The van der Waals surface area contributed by atoms with Crippen LogP contribution in [0.3, 0.4) is 0 Å². The van der Waals surface area contributed by atoms with Crippen LogP contribution in [0, 0.1) is 22.6 Å². The van der Waals surface area contributed by atoms with Gasteiger partial charge in [-0.2, -0.15) is 5.26 Å². The van der Waals surface area contributed by atoms with Gasteiger partial charge in [0.2, 0.25) is 5.95 Å². The molecule has 0 saturated carbocycles. The standard InChI is InChI=1S/C25H26FN7/c1-31-11-8-29-24(31)32-9-6-18-21(13-32)30-23(33-10-7-25(16-33)14-28-15-25)19(12-27)22(18)17-4-2-3-5-20(17)26/h2-5,8,11,28H,6-7,9-10,13-16H2,1H3. The molecule has 0 radical (unpaired) electrons. The Kier molecular flexibility index (Phi) is 4.63. The molecule has 1 aromatic carbocycles. The Bertz CT molecular complexity index is 1270. The van der Waals surface area contributed by atoms with Gasteiger partial charge in [-0.25, -0.2) is 14.4 Å². The molecule has 7 nitrogen and oxygen atoms in total. The first-order valence-electron chi connectivity index (χ1n) is 11.5. The van der Waals surface area contributed by atoms with E-state index in [1.165, 1.54) is 6.07 Å². The maximum absolute atomic E-state index is 15.0. The molecular formula is C25H26FN7. The largest absolute Gasteiger partial charge is 0.355 e. The summed E-state index contributed by atoms with van der Waals surface area (Å²) >= 11 is 0. The molecule has 0 amide bonds. The van der Waals surface area contributed by atoms with Crippen molar-refractivity contribution in [3.63, 3.8) is 0 Å². The van der Waals surface area contributed by atoms with E-state index in [2.05, 4.69) is 26.2 Å². The smallest absolute Gasteiger partial charge is 0.205 e. The van der Waals surface area contributed by atoms with E-state index in [4.69, 9.17) is 4.98 Å². The highest BCUT2D eigenvalue weighted by Crippen LogP contribution is 2.42. The van der Waals surface area contributed by atoms with Gasteiger partial charge in [0.1, 0.15) is 23.3 Å². The van der Waals surface area contributed by atoms with Crippen LogP contribution in [0.15, 0.2) is 36.7 Å². The zero-order valence-electron chi connectivity index (χ0n) is 18.7. The normalized spacial score (nSPS) is 18.8. The van der Waals surface area contributed by atoms with Crippen LogP contribution in [-0.2, 0) is 20.0 Å². The van der Waals surface area contributed by atoms with E-state index in [1.54, 1.807) is 18.3 Å². The van der Waals surface area contributed by atoms with E-state index in [0.29, 0.717) is 35.5 Å². The lowest BCUT2D eigenvalue weighted by atomic mass is 9.81. The molecule has 33 heavy (non-hydrogen) atoms. The number of benzene rings is 1. The lowest BCUT2D eigenvalue weighted by Crippen LogP contribution is -2.54. The molecule has 3 aliphatic heterocycles. The molecule has 1 N–H and O–H groups in total. The second-order valence-electron chi connectivity index (χ2n) is 9.49. The Labute approximate surface area is 192 Å². The van der Waals surface area contributed by atoms with Crippen molar-refractivity contribution in [3.05, 3.63) is 59.3 Å². The van der Waals surface area contributed by atoms with E-state index in [9.17, 15) is 5.26 Å². The molecule has 6 rings (SSSR count). The first kappa shape index (κ1) is 20.2. The number of aryl methyl sites for hydroxylation is 1. The van der Waals surface area contributed by atoms with E-state index in [-0.39, 0.29) is 11.2 Å². The number of hydrogen-bond acceptors (Lipinski definition) is 6. The average Bonchev–Trinajstić information content (AvgIpc) is 3.45. The van der Waals surface area contributed by atoms with Crippen LogP contribution in [0.25, 0.3) is 11.1 Å². The Balaban J connectivity index is 1.51. The molecule has 3 aliphatic rings. The number of fused-ring (bicyclic) bond motifs is 1. The van der Waals surface area contributed by atoms with Crippen molar-refractivity contribution in [2.24, 2.45) is 12.5 Å². The van der Waals surface area contributed by atoms with Gasteiger partial charge in [0, 0.05) is 68.7 Å². The fourth-order valence-electron chi connectivity index (χ4n) is 5.58. The third kappa shape index (κ3) is 3.18. The summed E-state index contributed by atoms with van der Waals surface area (Å²) in [6.45, 7) is 5.07. The van der Waals surface area contributed by atoms with Gasteiger partial charge >= 0.3 is 0 Å². The van der Waals surface area contributed by atoms with Crippen molar-refractivity contribution in [2.45, 2.75) is 19.4 Å². The highest BCUT2D eigenvalue weighted by molar-refractivity contribution is 5.81. The molecular weight excluding hydrogens is 417 g/mol. The molecule has 0 unspecified atom stereocenters. The summed E-state index contributed by atoms with van der Waals surface area (Å²) in [5.74, 6) is 1.28. The fourth-order valence-corrected chi connectivity index (χ4v) is 5.58. The van der Waals surface area contributed by atoms with Gasteiger partial charge in [0.25, 0.3) is 0 Å². The van der Waals surface area contributed by atoms with Crippen LogP contribution >= 0.6 is 0 Å². The number of nitriles is 1. The highest BCUT2D eigenvalue weighted by Gasteiger charge is 2.44. The fraction of sp³-hybridized carbons (Fsp3) is 0.400. The second kappa shape index (κ2) is 7.56. The predicted octanol–water partition coefficient (Wildman–Crippen LogP) is 2.86. The third-order valence-corrected chi connectivity index (χ3v) is 7.41. The lowest BCUT2D eigenvalue weighted by molar-refractivity contribution is 0.199. The third-order valence-electron chi connectivity index (χ3n) is 7.41. The van der Waals surface area contributed by atoms with Gasteiger partial charge in [-0.3, -0.25) is 0 Å². The summed E-state index contributed by atoms with van der Waals surface area (Å²) in [6.07, 6.45) is 5.49. The van der Waals surface area contributed by atoms with Gasteiger partial charge < -0.3 is 19.7 Å². The number of nitrogens with one attached hydrogen (secondary N) is 1. The minimum atomic E-state index is -0.305. The molecule has 3 aromatic rings. The van der Waals surface area contributed by atoms with E-state index in [1.807, 2.05) is 23.9 Å². The van der Waals surface area contributed by atoms with Crippen LogP contribution in [0.2, 0.25) is 0 Å². The molecule has 168 valence electrons. The van der Waals surface area contributed by atoms with Crippen molar-refractivity contribution in [2.75, 3.05) is 42.5 Å². The maximum atomic E-state index is 15.0. The molecule has 2 saturated heterocycles. The molecule has 2 aromatic heterocycles. The number of imidazole rings is 1. The number of hydrogen-bond donors (Lipinski definition) is 1. The Morgan fingerprint density at radius 3 is 2.70 bits per heavy atom. The average molecular weight is 444 g/mol. The van der Waals surface area contributed by atoms with E-state index >= 15 is 4.39 Å². The van der Waals surface area contributed by atoms with Gasteiger partial charge in [0.05, 0.1) is 12.2 Å². The van der Waals surface area contributed by atoms with Crippen LogP contribution < -0.4 is 15.1 Å². The van der Waals surface area contributed by atoms with Crippen molar-refractivity contribution >= 4 is 11.8 Å². The monoisotopic (exact) mass is 443 g/mol. The molecule has 1 spiro atoms. The SMILES string of the molecule is Cn1ccnc1N1CCc2c(nc(N3CCC4(CNC4)C3)c(C#N)c2-c2ccccc2F)C1. The summed E-state index contributed by atoms with van der Waals surface area (Å²) < 4.78 is 17.0. The van der Waals surface area contributed by atoms with Crippen LogP contribution in [0.1, 0.15) is 23.2 Å². The summed E-state index contributed by atoms with van der Waals surface area (Å²) in [4.78, 5) is 14.0. The minimum Gasteiger partial charge on any atom is -0.355 e. The van der Waals surface area contributed by atoms with Crippen molar-refractivity contribution in [1.29, 1.82) is 5.26 Å². The Morgan fingerprint density at radius 2 is 2.03 bits per heavy atom. The maximum Gasteiger partial charge on any atom is 0.205 e. The quantitative estimate of drug-likeness (QED) is 0.671. The first-order chi connectivity index (χ1) is 16.1. The summed E-state index contributed by atoms with van der Waals surface area (Å²) in [5, 5.41) is 13.7. The van der Waals surface area contributed by atoms with Gasteiger partial charge in [-0.15, -0.1) is 0 Å². The molecule has 5 heterocycles. The van der Waals surface area contributed by atoms with Crippen molar-refractivity contribution < 1.29 is 4.39 Å². The van der Waals surface area contributed by atoms with Gasteiger partial charge in [0.15, 0.2) is 0 Å². The number of nitrogens with zero attached hydrogens (tertiary/aromatic N) is 6. The lowest BCUT2D eigenvalue weighted by Gasteiger charge is -2.39. The summed E-state index contributed by atoms with van der Waals surface area (Å²) in [6, 6.07) is 9.18. The zero-order valence-corrected chi connectivity index (χ0v) is 18.7. The minimum absolute atomic E-state index is 0.265. The second-order valence-corrected chi connectivity index (χ2v) is 9.49. The first-order valence-corrected chi connectivity index (χ1v) is 11.5. The molecule has 2 fully saturated rings. The number of aromatic nitrogens is 3. The molecule has 0 atom stereocenters. The van der Waals surface area contributed by atoms with Gasteiger partial charge in [-0.05, 0) is 24.5 Å². The Morgan fingerprint density at radius 1 is 1.18 bits per heavy atom. The molecule has 0 bridgehead atoms. The summed E-state index contributed by atoms with van der Waals surface area (Å²) in [5.41, 5.74) is 3.84. The highest BCUT2D eigenvalue weighted by atomic mass is 19.1. The predicted molar refractivity (Wildman–Crippen MR) is 124 cm³/mol. The topological polar surface area (TPSA) is 73.0 Å². The van der Waals surface area contributed by atoms with Crippen molar-refractivity contribution in [3.8, 4) is 17.2 Å². The van der Waals surface area contributed by atoms with Crippen molar-refractivity contribution in [1.82, 2.24) is 19.9 Å². The number of rotatable bonds is 3. The number of anilines is 2. The van der Waals surface area contributed by atoms with E-state index < -0.39 is 0 Å². The number of pyridine rings is 1. The Hall–Kier alpha value is -3.44. The number of halogens is 1. The van der Waals surface area contributed by atoms with Gasteiger partial charge in [-0.1, -0.05) is 18.2 Å².